The maximum atomic E-state index is 2.22. The molecule has 0 amide bonds. The molecular weight excluding hydrogens is 288 g/mol. The first kappa shape index (κ1) is 25.4. The van der Waals surface area contributed by atoms with Gasteiger partial charge >= 0.3 is 21.7 Å². The fourth-order valence-corrected chi connectivity index (χ4v) is 1.75. The summed E-state index contributed by atoms with van der Waals surface area (Å²) >= 11 is 0. The van der Waals surface area contributed by atoms with Gasteiger partial charge < -0.3 is 14.9 Å². The Kier molecular flexibility index (Phi) is 12.3. The fraction of sp³-hybridized carbons (Fsp3) is 0.400. The van der Waals surface area contributed by atoms with Gasteiger partial charge in [0.25, 0.3) is 0 Å². The van der Waals surface area contributed by atoms with Crippen LogP contribution in [0.25, 0.3) is 0 Å². The van der Waals surface area contributed by atoms with Gasteiger partial charge in [-0.15, -0.1) is 0 Å². The van der Waals surface area contributed by atoms with Crippen molar-refractivity contribution in [3.63, 3.8) is 0 Å². The molecule has 0 bridgehead atoms. The molecule has 1 heteroatoms. The molecule has 0 saturated carbocycles. The van der Waals surface area contributed by atoms with Crippen LogP contribution >= 0.6 is 0 Å². The number of rotatable bonds is 0. The summed E-state index contributed by atoms with van der Waals surface area (Å²) in [5.74, 6) is 0. The van der Waals surface area contributed by atoms with Crippen LogP contribution in [0.15, 0.2) is 48.5 Å². The molecule has 2 aromatic carbocycles. The van der Waals surface area contributed by atoms with Crippen molar-refractivity contribution < 1.29 is 21.7 Å². The van der Waals surface area contributed by atoms with Gasteiger partial charge in [0.2, 0.25) is 0 Å². The van der Waals surface area contributed by atoms with Crippen molar-refractivity contribution in [1.82, 2.24) is 0 Å². The summed E-state index contributed by atoms with van der Waals surface area (Å²) in [6.45, 7) is 13.3. The Morgan fingerprint density at radius 1 is 0.524 bits per heavy atom. The van der Waals surface area contributed by atoms with Crippen LogP contribution in [0.1, 0.15) is 52.7 Å². The van der Waals surface area contributed by atoms with E-state index in [2.05, 4.69) is 90.1 Å². The molecule has 0 nitrogen and oxygen atoms in total. The molecule has 0 saturated heterocycles. The molecule has 2 aromatic rings. The quantitative estimate of drug-likeness (QED) is 0.394. The summed E-state index contributed by atoms with van der Waals surface area (Å²) in [5.41, 5.74) is 3.48. The van der Waals surface area contributed by atoms with Crippen LogP contribution in [-0.2, 0) is 32.5 Å². The molecule has 0 aliphatic carbocycles. The van der Waals surface area contributed by atoms with Crippen LogP contribution in [0.2, 0.25) is 0 Å². The SMILES string of the molecule is CC(C)(C)[c-]1cccc1.CC(C)(C)[c-]1cccc1.[CH3-].[CH3-].[Ti+4]. The Morgan fingerprint density at radius 2 is 0.714 bits per heavy atom. The molecule has 116 valence electrons. The summed E-state index contributed by atoms with van der Waals surface area (Å²) in [6.07, 6.45) is 0. The Morgan fingerprint density at radius 3 is 0.810 bits per heavy atom. The summed E-state index contributed by atoms with van der Waals surface area (Å²) < 4.78 is 0. The van der Waals surface area contributed by atoms with E-state index in [4.69, 9.17) is 0 Å². The average Bonchev–Trinajstić information content (AvgIpc) is 2.91. The predicted molar refractivity (Wildman–Crippen MR) is 94.3 cm³/mol. The molecule has 0 aliphatic rings. The first-order valence-electron chi connectivity index (χ1n) is 6.65. The van der Waals surface area contributed by atoms with Gasteiger partial charge in [-0.05, 0) is 0 Å². The Labute approximate surface area is 148 Å². The number of hydrogen-bond acceptors (Lipinski definition) is 0. The van der Waals surface area contributed by atoms with Crippen LogP contribution in [0, 0.1) is 14.9 Å². The maximum absolute atomic E-state index is 2.22. The second-order valence-electron chi connectivity index (χ2n) is 6.85. The van der Waals surface area contributed by atoms with Crippen LogP contribution in [0.3, 0.4) is 0 Å². The minimum absolute atomic E-state index is 0. The van der Waals surface area contributed by atoms with Crippen LogP contribution in [0.4, 0.5) is 0 Å². The van der Waals surface area contributed by atoms with Gasteiger partial charge in [-0.2, -0.15) is 35.4 Å². The smallest absolute Gasteiger partial charge is 0.358 e. The normalized spacial score (nSPS) is 10.2. The van der Waals surface area contributed by atoms with Crippen molar-refractivity contribution in [2.45, 2.75) is 52.4 Å². The van der Waals surface area contributed by atoms with Gasteiger partial charge in [0.1, 0.15) is 0 Å². The van der Waals surface area contributed by atoms with Crippen molar-refractivity contribution in [3.05, 3.63) is 74.5 Å². The molecule has 0 fully saturated rings. The summed E-state index contributed by atoms with van der Waals surface area (Å²) in [6, 6.07) is 17.0. The first-order valence-corrected chi connectivity index (χ1v) is 6.65. The van der Waals surface area contributed by atoms with Crippen molar-refractivity contribution >= 4 is 0 Å². The second kappa shape index (κ2) is 10.2. The largest absolute Gasteiger partial charge is 4.00 e. The zero-order valence-corrected chi connectivity index (χ0v) is 16.7. The van der Waals surface area contributed by atoms with Crippen LogP contribution < -0.4 is 0 Å². The standard InChI is InChI=1S/2C9H13.2CH3.Ti/c2*1-9(2,3)8-6-4-5-7-8;;;/h2*4-7H,1-3H3;2*1H3;/q4*-1;+4. The third-order valence-electron chi connectivity index (χ3n) is 3.06. The van der Waals surface area contributed by atoms with Crippen LogP contribution in [0.5, 0.6) is 0 Å². The van der Waals surface area contributed by atoms with Crippen molar-refractivity contribution in [3.8, 4) is 0 Å². The summed E-state index contributed by atoms with van der Waals surface area (Å²) in [4.78, 5) is 0. The number of hydrogen-bond donors (Lipinski definition) is 0. The minimum atomic E-state index is 0. The molecule has 0 heterocycles. The molecule has 0 N–H and O–H groups in total. The van der Waals surface area contributed by atoms with Crippen molar-refractivity contribution in [1.29, 1.82) is 0 Å². The van der Waals surface area contributed by atoms with Gasteiger partial charge in [0, 0.05) is 0 Å². The Hall–Kier alpha value is -0.586. The van der Waals surface area contributed by atoms with Gasteiger partial charge in [0.05, 0.1) is 0 Å². The van der Waals surface area contributed by atoms with E-state index in [1.807, 2.05) is 0 Å². The fourth-order valence-electron chi connectivity index (χ4n) is 1.75. The zero-order chi connectivity index (χ0) is 13.8. The third kappa shape index (κ3) is 9.12. The van der Waals surface area contributed by atoms with E-state index in [1.165, 1.54) is 11.1 Å². The summed E-state index contributed by atoms with van der Waals surface area (Å²) in [7, 11) is 0. The molecule has 0 atom stereocenters. The Bertz CT molecular complexity index is 375. The Balaban J connectivity index is -0.000000270. The molecule has 0 spiro atoms. The van der Waals surface area contributed by atoms with E-state index in [0.29, 0.717) is 10.8 Å². The molecule has 0 aliphatic heterocycles. The second-order valence-corrected chi connectivity index (χ2v) is 6.85. The maximum Gasteiger partial charge on any atom is 4.00 e. The van der Waals surface area contributed by atoms with Crippen LogP contribution in [-0.4, -0.2) is 0 Å². The van der Waals surface area contributed by atoms with E-state index in [1.54, 1.807) is 0 Å². The molecule has 2 rings (SSSR count). The molecule has 21 heavy (non-hydrogen) atoms. The third-order valence-corrected chi connectivity index (χ3v) is 3.06. The monoisotopic (exact) mass is 320 g/mol. The summed E-state index contributed by atoms with van der Waals surface area (Å²) in [5, 5.41) is 0. The first-order chi connectivity index (χ1) is 8.21. The molecule has 0 aromatic heterocycles. The van der Waals surface area contributed by atoms with Gasteiger partial charge in [-0.1, -0.05) is 52.4 Å². The van der Waals surface area contributed by atoms with E-state index < -0.39 is 0 Å². The van der Waals surface area contributed by atoms with Gasteiger partial charge in [-0.3, -0.25) is 0 Å². The predicted octanol–water partition coefficient (Wildman–Crippen LogP) is 6.30. The van der Waals surface area contributed by atoms with Gasteiger partial charge in [0.15, 0.2) is 0 Å². The van der Waals surface area contributed by atoms with Gasteiger partial charge in [-0.25, -0.2) is 24.3 Å². The van der Waals surface area contributed by atoms with E-state index in [9.17, 15) is 0 Å². The van der Waals surface area contributed by atoms with E-state index >= 15 is 0 Å². The average molecular weight is 320 g/mol. The van der Waals surface area contributed by atoms with Crippen molar-refractivity contribution in [2.75, 3.05) is 0 Å². The minimum Gasteiger partial charge on any atom is -0.358 e. The van der Waals surface area contributed by atoms with E-state index in [-0.39, 0.29) is 36.6 Å². The molecule has 0 unspecified atom stereocenters. The van der Waals surface area contributed by atoms with Crippen molar-refractivity contribution in [2.24, 2.45) is 0 Å². The topological polar surface area (TPSA) is 0 Å². The molecule has 0 radical (unpaired) electrons. The van der Waals surface area contributed by atoms with E-state index in [0.717, 1.165) is 0 Å². The molecular formula is C20H32Ti. The zero-order valence-electron chi connectivity index (χ0n) is 15.1.